The van der Waals surface area contributed by atoms with E-state index in [-0.39, 0.29) is 4.68 Å². The number of aromatic nitrogens is 2. The van der Waals surface area contributed by atoms with E-state index in [2.05, 4.69) is 5.10 Å². The van der Waals surface area contributed by atoms with Gasteiger partial charge in [-0.05, 0) is 6.07 Å². The highest BCUT2D eigenvalue weighted by atomic mass is 19.4. The summed E-state index contributed by atoms with van der Waals surface area (Å²) < 4.78 is 60.6. The summed E-state index contributed by atoms with van der Waals surface area (Å²) in [4.78, 5) is 10.3. The Morgan fingerprint density at radius 1 is 1.38 bits per heavy atom. The van der Waals surface area contributed by atoms with E-state index in [0.717, 1.165) is 12.3 Å². The quantitative estimate of drug-likeness (QED) is 0.824. The molecule has 0 aliphatic heterocycles. The number of rotatable bonds is 3. The van der Waals surface area contributed by atoms with Gasteiger partial charge in [0.15, 0.2) is 5.69 Å². The largest absolute Gasteiger partial charge is 0.476 e. The molecule has 0 radical (unpaired) electrons. The van der Waals surface area contributed by atoms with Crippen LogP contribution in [0.2, 0.25) is 0 Å². The Balaban J connectivity index is 2.85. The number of carboxylic acids is 1. The van der Waals surface area contributed by atoms with Gasteiger partial charge in [0.05, 0.1) is 0 Å². The first-order chi connectivity index (χ1) is 7.13. The normalized spacial score (nSPS) is 12.8. The predicted molar refractivity (Wildman–Crippen MR) is 40.2 cm³/mol. The second-order valence-corrected chi connectivity index (χ2v) is 2.91. The van der Waals surface area contributed by atoms with Crippen molar-refractivity contribution in [2.24, 2.45) is 0 Å². The third-order valence-electron chi connectivity index (χ3n) is 1.64. The predicted octanol–water partition coefficient (Wildman–Crippen LogP) is 1.78. The fourth-order valence-electron chi connectivity index (χ4n) is 0.857. The topological polar surface area (TPSA) is 55.1 Å². The molecule has 1 aromatic rings. The number of hydrogen-bond acceptors (Lipinski definition) is 2. The maximum atomic E-state index is 12.5. The zero-order valence-electron chi connectivity index (χ0n) is 7.50. The van der Waals surface area contributed by atoms with Crippen LogP contribution >= 0.6 is 0 Å². The molecule has 0 aliphatic carbocycles. The van der Waals surface area contributed by atoms with Gasteiger partial charge in [0.2, 0.25) is 0 Å². The van der Waals surface area contributed by atoms with Gasteiger partial charge in [-0.1, -0.05) is 0 Å². The lowest BCUT2D eigenvalue weighted by molar-refractivity contribution is -0.287. The summed E-state index contributed by atoms with van der Waals surface area (Å²) in [7, 11) is 0. The Bertz CT molecular complexity index is 398. The maximum Gasteiger partial charge on any atom is 0.455 e. The number of hydrogen-bond donors (Lipinski definition) is 1. The van der Waals surface area contributed by atoms with Crippen LogP contribution in [0, 0.1) is 0 Å². The van der Waals surface area contributed by atoms with Crippen molar-refractivity contribution in [3.05, 3.63) is 18.0 Å². The second-order valence-electron chi connectivity index (χ2n) is 2.91. The molecule has 0 saturated carbocycles. The molecule has 9 heteroatoms. The van der Waals surface area contributed by atoms with E-state index in [1.54, 1.807) is 0 Å². The highest BCUT2D eigenvalue weighted by Crippen LogP contribution is 2.36. The van der Waals surface area contributed by atoms with E-state index in [0.29, 0.717) is 0 Å². The van der Waals surface area contributed by atoms with Crippen LogP contribution in [0.5, 0.6) is 0 Å². The first-order valence-electron chi connectivity index (χ1n) is 3.85. The van der Waals surface area contributed by atoms with E-state index < -0.39 is 30.3 Å². The van der Waals surface area contributed by atoms with Crippen LogP contribution in [0.4, 0.5) is 22.0 Å². The Kier molecular flexibility index (Phi) is 2.89. The van der Waals surface area contributed by atoms with Crippen molar-refractivity contribution in [1.29, 1.82) is 0 Å². The Hall–Kier alpha value is -1.67. The standard InChI is InChI=1S/C7H5F5N2O2/c8-6(9,7(10,11)12)3-14-2-1-4(13-14)5(15)16/h1-2H,3H2,(H,15,16). The van der Waals surface area contributed by atoms with Crippen LogP contribution in [0.25, 0.3) is 0 Å². The lowest BCUT2D eigenvalue weighted by Gasteiger charge is -2.19. The number of carbonyl (C=O) groups is 1. The SMILES string of the molecule is O=C(O)c1ccn(CC(F)(F)C(F)(F)F)n1. The summed E-state index contributed by atoms with van der Waals surface area (Å²) in [6, 6.07) is 0.828. The molecular formula is C7H5F5N2O2. The van der Waals surface area contributed by atoms with Crippen molar-refractivity contribution in [3.63, 3.8) is 0 Å². The molecule has 1 rings (SSSR count). The molecule has 1 aromatic heterocycles. The monoisotopic (exact) mass is 244 g/mol. The molecular weight excluding hydrogens is 239 g/mol. The van der Waals surface area contributed by atoms with Gasteiger partial charge in [0.1, 0.15) is 6.54 Å². The van der Waals surface area contributed by atoms with Crippen molar-refractivity contribution >= 4 is 5.97 Å². The fraction of sp³-hybridized carbons (Fsp3) is 0.429. The van der Waals surface area contributed by atoms with Gasteiger partial charge < -0.3 is 5.11 Å². The van der Waals surface area contributed by atoms with E-state index in [1.807, 2.05) is 0 Å². The zero-order chi connectivity index (χ0) is 12.6. The second kappa shape index (κ2) is 3.72. The summed E-state index contributed by atoms with van der Waals surface area (Å²) >= 11 is 0. The highest BCUT2D eigenvalue weighted by Gasteiger charge is 2.57. The molecule has 16 heavy (non-hydrogen) atoms. The Morgan fingerprint density at radius 2 is 1.94 bits per heavy atom. The molecule has 1 heterocycles. The van der Waals surface area contributed by atoms with Gasteiger partial charge in [0.25, 0.3) is 0 Å². The number of alkyl halides is 5. The molecule has 0 fully saturated rings. The van der Waals surface area contributed by atoms with Gasteiger partial charge >= 0.3 is 18.1 Å². The van der Waals surface area contributed by atoms with Crippen LogP contribution in [-0.4, -0.2) is 33.0 Å². The van der Waals surface area contributed by atoms with Crippen LogP contribution in [0.3, 0.4) is 0 Å². The van der Waals surface area contributed by atoms with Crippen LogP contribution < -0.4 is 0 Å². The first-order valence-corrected chi connectivity index (χ1v) is 3.85. The minimum atomic E-state index is -5.69. The molecule has 0 unspecified atom stereocenters. The van der Waals surface area contributed by atoms with E-state index >= 15 is 0 Å². The Morgan fingerprint density at radius 3 is 2.31 bits per heavy atom. The lowest BCUT2D eigenvalue weighted by atomic mass is 10.3. The highest BCUT2D eigenvalue weighted by molar-refractivity contribution is 5.84. The summed E-state index contributed by atoms with van der Waals surface area (Å²) in [5.41, 5.74) is -0.599. The molecule has 0 amide bonds. The third-order valence-corrected chi connectivity index (χ3v) is 1.64. The summed E-state index contributed by atoms with van der Waals surface area (Å²) in [5, 5.41) is 11.4. The van der Waals surface area contributed by atoms with E-state index in [4.69, 9.17) is 5.11 Å². The van der Waals surface area contributed by atoms with Gasteiger partial charge in [0, 0.05) is 6.20 Å². The molecule has 0 spiro atoms. The molecule has 0 aliphatic rings. The summed E-state index contributed by atoms with van der Waals surface area (Å²) in [6.45, 7) is -1.75. The molecule has 4 nitrogen and oxygen atoms in total. The average molecular weight is 244 g/mol. The fourth-order valence-corrected chi connectivity index (χ4v) is 0.857. The molecule has 90 valence electrons. The van der Waals surface area contributed by atoms with Crippen molar-refractivity contribution in [2.45, 2.75) is 18.6 Å². The molecule has 1 N–H and O–H groups in total. The molecule has 0 aromatic carbocycles. The van der Waals surface area contributed by atoms with Gasteiger partial charge in [-0.2, -0.15) is 27.1 Å². The lowest BCUT2D eigenvalue weighted by Crippen LogP contribution is -2.40. The van der Waals surface area contributed by atoms with Crippen molar-refractivity contribution < 1.29 is 31.9 Å². The summed E-state index contributed by atoms with van der Waals surface area (Å²) in [5.74, 6) is -6.46. The molecule has 0 atom stereocenters. The maximum absolute atomic E-state index is 12.5. The smallest absolute Gasteiger partial charge is 0.455 e. The zero-order valence-corrected chi connectivity index (χ0v) is 7.50. The van der Waals surface area contributed by atoms with Gasteiger partial charge in [-0.15, -0.1) is 0 Å². The van der Waals surface area contributed by atoms with Crippen LogP contribution in [0.1, 0.15) is 10.5 Å². The van der Waals surface area contributed by atoms with E-state index in [1.165, 1.54) is 0 Å². The number of halogens is 5. The van der Waals surface area contributed by atoms with E-state index in [9.17, 15) is 26.7 Å². The van der Waals surface area contributed by atoms with Crippen molar-refractivity contribution in [3.8, 4) is 0 Å². The van der Waals surface area contributed by atoms with Crippen molar-refractivity contribution in [2.75, 3.05) is 0 Å². The van der Waals surface area contributed by atoms with Crippen molar-refractivity contribution in [1.82, 2.24) is 9.78 Å². The van der Waals surface area contributed by atoms with Crippen LogP contribution in [0.15, 0.2) is 12.3 Å². The minimum absolute atomic E-state index is 0.233. The third kappa shape index (κ3) is 2.47. The summed E-state index contributed by atoms with van der Waals surface area (Å²) in [6.07, 6.45) is -4.95. The van der Waals surface area contributed by atoms with Gasteiger partial charge in [-0.25, -0.2) is 4.79 Å². The number of nitrogens with zero attached hydrogens (tertiary/aromatic N) is 2. The number of aromatic carboxylic acids is 1. The minimum Gasteiger partial charge on any atom is -0.476 e. The first kappa shape index (κ1) is 12.4. The number of carboxylic acid groups (broad SMARTS) is 1. The average Bonchev–Trinajstić information content (AvgIpc) is 2.49. The Labute approximate surface area is 85.3 Å². The van der Waals surface area contributed by atoms with Gasteiger partial charge in [-0.3, -0.25) is 4.68 Å². The molecule has 0 bridgehead atoms. The van der Waals surface area contributed by atoms with Crippen LogP contribution in [-0.2, 0) is 6.54 Å². The molecule has 0 saturated heterocycles.